The number of pyridine rings is 1. The first kappa shape index (κ1) is 19.1. The van der Waals surface area contributed by atoms with Crippen molar-refractivity contribution in [1.82, 2.24) is 15.5 Å². The Hall–Kier alpha value is -3.19. The fourth-order valence-electron chi connectivity index (χ4n) is 3.49. The number of rotatable bonds is 6. The normalized spacial score (nSPS) is 18.6. The van der Waals surface area contributed by atoms with E-state index in [9.17, 15) is 9.90 Å². The van der Waals surface area contributed by atoms with E-state index in [-0.39, 0.29) is 18.6 Å². The Bertz CT molecular complexity index is 969. The third-order valence-electron chi connectivity index (χ3n) is 5.19. The van der Waals surface area contributed by atoms with Gasteiger partial charge >= 0.3 is 0 Å². The number of aliphatic hydroxyl groups excluding tert-OH is 1. The van der Waals surface area contributed by atoms with Crippen LogP contribution in [0.4, 0.5) is 0 Å². The van der Waals surface area contributed by atoms with E-state index in [1.54, 1.807) is 12.1 Å². The quantitative estimate of drug-likeness (QED) is 0.667. The highest BCUT2D eigenvalue weighted by atomic mass is 16.5. The Labute approximate surface area is 168 Å². The van der Waals surface area contributed by atoms with E-state index in [0.717, 1.165) is 36.1 Å². The molecule has 1 aliphatic rings. The van der Waals surface area contributed by atoms with Crippen LogP contribution in [0.5, 0.6) is 5.88 Å². The summed E-state index contributed by atoms with van der Waals surface area (Å²) in [5.41, 5.74) is 2.99. The molecule has 1 saturated carbocycles. The minimum atomic E-state index is -0.472. The molecule has 3 aromatic rings. The molecule has 7 nitrogen and oxygen atoms in total. The number of aromatic nitrogens is 2. The number of hydrogen-bond donors (Lipinski definition) is 2. The topological polar surface area (TPSA) is 97.5 Å². The van der Waals surface area contributed by atoms with Crippen LogP contribution in [-0.2, 0) is 6.61 Å². The van der Waals surface area contributed by atoms with Gasteiger partial charge in [-0.2, -0.15) is 0 Å². The molecule has 1 aromatic carbocycles. The Morgan fingerprint density at radius 3 is 2.76 bits per heavy atom. The Morgan fingerprint density at radius 2 is 2.07 bits per heavy atom. The van der Waals surface area contributed by atoms with Crippen molar-refractivity contribution in [3.8, 4) is 17.1 Å². The largest absolute Gasteiger partial charge is 0.473 e. The van der Waals surface area contributed by atoms with Gasteiger partial charge in [0, 0.05) is 17.8 Å². The van der Waals surface area contributed by atoms with Gasteiger partial charge in [0.1, 0.15) is 18.1 Å². The molecule has 0 saturated heterocycles. The minimum Gasteiger partial charge on any atom is -0.473 e. The molecule has 1 fully saturated rings. The van der Waals surface area contributed by atoms with Gasteiger partial charge in [-0.15, -0.1) is 0 Å². The molecule has 2 heterocycles. The summed E-state index contributed by atoms with van der Waals surface area (Å²) in [5.74, 6) is 0.855. The van der Waals surface area contributed by atoms with Crippen LogP contribution in [-0.4, -0.2) is 33.3 Å². The van der Waals surface area contributed by atoms with E-state index in [0.29, 0.717) is 17.2 Å². The first-order chi connectivity index (χ1) is 14.1. The Morgan fingerprint density at radius 1 is 1.24 bits per heavy atom. The van der Waals surface area contributed by atoms with Crippen molar-refractivity contribution in [2.24, 2.45) is 0 Å². The molecule has 0 spiro atoms. The van der Waals surface area contributed by atoms with Gasteiger partial charge in [0.15, 0.2) is 0 Å². The molecule has 0 aliphatic heterocycles. The summed E-state index contributed by atoms with van der Waals surface area (Å²) in [4.78, 5) is 16.6. The van der Waals surface area contributed by atoms with Crippen LogP contribution < -0.4 is 10.1 Å². The van der Waals surface area contributed by atoms with Crippen LogP contribution in [0, 0.1) is 6.92 Å². The summed E-state index contributed by atoms with van der Waals surface area (Å²) in [6.07, 6.45) is 3.45. The van der Waals surface area contributed by atoms with E-state index < -0.39 is 6.10 Å². The second kappa shape index (κ2) is 8.45. The first-order valence-electron chi connectivity index (χ1n) is 9.70. The molecule has 0 bridgehead atoms. The number of hydrogen-bond acceptors (Lipinski definition) is 6. The summed E-state index contributed by atoms with van der Waals surface area (Å²) >= 11 is 0. The monoisotopic (exact) mass is 393 g/mol. The van der Waals surface area contributed by atoms with Gasteiger partial charge in [-0.3, -0.25) is 4.79 Å². The maximum atomic E-state index is 12.3. The van der Waals surface area contributed by atoms with Crippen molar-refractivity contribution >= 4 is 5.91 Å². The van der Waals surface area contributed by atoms with Gasteiger partial charge in [0.05, 0.1) is 23.3 Å². The average Bonchev–Trinajstić information content (AvgIpc) is 3.32. The van der Waals surface area contributed by atoms with Crippen LogP contribution >= 0.6 is 0 Å². The lowest BCUT2D eigenvalue weighted by molar-refractivity contribution is 0.0873. The van der Waals surface area contributed by atoms with Crippen LogP contribution in [0.2, 0.25) is 0 Å². The van der Waals surface area contributed by atoms with Gasteiger partial charge < -0.3 is 19.7 Å². The van der Waals surface area contributed by atoms with Crippen LogP contribution in [0.3, 0.4) is 0 Å². The zero-order valence-electron chi connectivity index (χ0n) is 16.2. The number of carbonyl (C=O) groups is 1. The second-order valence-electron chi connectivity index (χ2n) is 7.18. The number of nitrogens with zero attached hydrogens (tertiary/aromatic N) is 2. The number of amides is 1. The second-order valence-corrected chi connectivity index (χ2v) is 7.18. The van der Waals surface area contributed by atoms with Crippen molar-refractivity contribution in [3.63, 3.8) is 0 Å². The maximum absolute atomic E-state index is 12.3. The van der Waals surface area contributed by atoms with Gasteiger partial charge in [-0.1, -0.05) is 35.5 Å². The first-order valence-corrected chi connectivity index (χ1v) is 9.70. The number of aliphatic hydroxyl groups is 1. The van der Waals surface area contributed by atoms with Gasteiger partial charge in [0.25, 0.3) is 5.91 Å². The fraction of sp³-hybridized carbons (Fsp3) is 0.318. The lowest BCUT2D eigenvalue weighted by Crippen LogP contribution is -2.39. The molecule has 7 heteroatoms. The molecule has 0 radical (unpaired) electrons. The molecular weight excluding hydrogens is 370 g/mol. The number of nitrogens with one attached hydrogen (secondary N) is 1. The van der Waals surface area contributed by atoms with Crippen molar-refractivity contribution in [3.05, 3.63) is 65.5 Å². The number of aryl methyl sites for hydroxylation is 1. The predicted octanol–water partition coefficient (Wildman–Crippen LogP) is 3.27. The van der Waals surface area contributed by atoms with E-state index in [4.69, 9.17) is 9.26 Å². The Balaban J connectivity index is 1.40. The molecule has 1 aliphatic carbocycles. The van der Waals surface area contributed by atoms with Gasteiger partial charge in [0.2, 0.25) is 5.88 Å². The van der Waals surface area contributed by atoms with Crippen molar-refractivity contribution in [2.75, 3.05) is 0 Å². The summed E-state index contributed by atoms with van der Waals surface area (Å²) < 4.78 is 11.1. The highest BCUT2D eigenvalue weighted by Gasteiger charge is 2.26. The summed E-state index contributed by atoms with van der Waals surface area (Å²) in [7, 11) is 0. The number of carbonyl (C=O) groups excluding carboxylic acids is 1. The third-order valence-corrected chi connectivity index (χ3v) is 5.19. The average molecular weight is 393 g/mol. The summed E-state index contributed by atoms with van der Waals surface area (Å²) in [5, 5.41) is 16.9. The zero-order valence-corrected chi connectivity index (χ0v) is 16.2. The summed E-state index contributed by atoms with van der Waals surface area (Å²) in [6.45, 7) is 2.10. The van der Waals surface area contributed by atoms with Gasteiger partial charge in [-0.05, 0) is 32.3 Å². The van der Waals surface area contributed by atoms with Crippen LogP contribution in [0.25, 0.3) is 11.3 Å². The smallest absolute Gasteiger partial charge is 0.253 e. The molecule has 0 unspecified atom stereocenters. The maximum Gasteiger partial charge on any atom is 0.253 e. The number of benzene rings is 1. The van der Waals surface area contributed by atoms with Crippen molar-refractivity contribution in [1.29, 1.82) is 0 Å². The van der Waals surface area contributed by atoms with Gasteiger partial charge in [-0.25, -0.2) is 4.98 Å². The zero-order chi connectivity index (χ0) is 20.2. The van der Waals surface area contributed by atoms with E-state index in [2.05, 4.69) is 15.5 Å². The molecule has 2 aromatic heterocycles. The highest BCUT2D eigenvalue weighted by molar-refractivity contribution is 5.94. The third kappa shape index (κ3) is 4.30. The molecule has 2 atom stereocenters. The van der Waals surface area contributed by atoms with E-state index in [1.165, 1.54) is 6.20 Å². The highest BCUT2D eigenvalue weighted by Crippen LogP contribution is 2.26. The summed E-state index contributed by atoms with van der Waals surface area (Å²) in [6, 6.07) is 12.9. The molecule has 150 valence electrons. The lowest BCUT2D eigenvalue weighted by atomic mass is 10.1. The minimum absolute atomic E-state index is 0.189. The standard InChI is InChI=1S/C22H23N3O4/c1-14-17(21(25-29-14)15-6-3-2-4-7-15)13-28-20-11-10-16(12-23-20)22(27)24-18-8-5-9-19(18)26/h2-4,6-7,10-12,18-19,26H,5,8-9,13H2,1H3,(H,24,27)/t18-,19+/m0/s1. The molecule has 29 heavy (non-hydrogen) atoms. The molecule has 1 amide bonds. The lowest BCUT2D eigenvalue weighted by Gasteiger charge is -2.16. The van der Waals surface area contributed by atoms with Crippen LogP contribution in [0.1, 0.15) is 40.9 Å². The van der Waals surface area contributed by atoms with E-state index in [1.807, 2.05) is 37.3 Å². The van der Waals surface area contributed by atoms with Crippen molar-refractivity contribution in [2.45, 2.75) is 44.9 Å². The molecule has 4 rings (SSSR count). The van der Waals surface area contributed by atoms with E-state index >= 15 is 0 Å². The fourth-order valence-corrected chi connectivity index (χ4v) is 3.49. The molecule has 2 N–H and O–H groups in total. The van der Waals surface area contributed by atoms with Crippen molar-refractivity contribution < 1.29 is 19.2 Å². The Kier molecular flexibility index (Phi) is 5.57. The van der Waals surface area contributed by atoms with Crippen LogP contribution in [0.15, 0.2) is 53.2 Å². The predicted molar refractivity (Wildman–Crippen MR) is 106 cm³/mol. The SMILES string of the molecule is Cc1onc(-c2ccccc2)c1COc1ccc(C(=O)N[C@H]2CCC[C@H]2O)cn1. The number of ether oxygens (including phenoxy) is 1. The molecular formula is C22H23N3O4.